The second-order valence-corrected chi connectivity index (χ2v) is 5.80. The third-order valence-corrected chi connectivity index (χ3v) is 3.63. The maximum atomic E-state index is 12.9. The summed E-state index contributed by atoms with van der Waals surface area (Å²) in [5.41, 5.74) is 2.03. The maximum absolute atomic E-state index is 12.9. The molecule has 6 heteroatoms. The van der Waals surface area contributed by atoms with Gasteiger partial charge in [0.25, 0.3) is 0 Å². The van der Waals surface area contributed by atoms with Crippen LogP contribution in [0, 0.1) is 0 Å². The molecule has 0 fully saturated rings. The zero-order chi connectivity index (χ0) is 13.8. The molecule has 0 saturated heterocycles. The molecule has 3 N–H and O–H groups in total. The molecule has 0 aliphatic rings. The SMILES string of the molecule is CC(C)SCC(NN)c1ccccc1C(F)(F)F. The molecule has 0 aromatic heterocycles. The minimum Gasteiger partial charge on any atom is -0.271 e. The summed E-state index contributed by atoms with van der Waals surface area (Å²) in [7, 11) is 0. The Morgan fingerprint density at radius 2 is 1.89 bits per heavy atom. The van der Waals surface area contributed by atoms with E-state index in [1.54, 1.807) is 17.8 Å². The largest absolute Gasteiger partial charge is 0.416 e. The monoisotopic (exact) mass is 278 g/mol. The number of hydrogen-bond donors (Lipinski definition) is 2. The third-order valence-electron chi connectivity index (χ3n) is 2.44. The van der Waals surface area contributed by atoms with Crippen LogP contribution in [0.25, 0.3) is 0 Å². The Kier molecular flexibility index (Phi) is 5.49. The van der Waals surface area contributed by atoms with Gasteiger partial charge in [-0.25, -0.2) is 0 Å². The Morgan fingerprint density at radius 3 is 2.39 bits per heavy atom. The smallest absolute Gasteiger partial charge is 0.271 e. The van der Waals surface area contributed by atoms with Crippen LogP contribution < -0.4 is 11.3 Å². The minimum atomic E-state index is -4.35. The van der Waals surface area contributed by atoms with Crippen LogP contribution in [0.5, 0.6) is 0 Å². The number of rotatable bonds is 5. The number of nitrogens with two attached hydrogens (primary N) is 1. The molecule has 2 nitrogen and oxygen atoms in total. The van der Waals surface area contributed by atoms with Gasteiger partial charge in [0.15, 0.2) is 0 Å². The second-order valence-electron chi connectivity index (χ2n) is 4.19. The highest BCUT2D eigenvalue weighted by molar-refractivity contribution is 7.99. The Bertz CT molecular complexity index is 380. The van der Waals surface area contributed by atoms with Crippen molar-refractivity contribution in [1.29, 1.82) is 0 Å². The Labute approximate surface area is 109 Å². The van der Waals surface area contributed by atoms with Gasteiger partial charge in [0.1, 0.15) is 0 Å². The second kappa shape index (κ2) is 6.45. The van der Waals surface area contributed by atoms with Crippen LogP contribution >= 0.6 is 11.8 Å². The number of nitrogens with one attached hydrogen (secondary N) is 1. The van der Waals surface area contributed by atoms with Gasteiger partial charge >= 0.3 is 6.18 Å². The first kappa shape index (κ1) is 15.3. The maximum Gasteiger partial charge on any atom is 0.416 e. The van der Waals surface area contributed by atoms with Gasteiger partial charge in [-0.15, -0.1) is 0 Å². The number of hydrogen-bond acceptors (Lipinski definition) is 3. The molecule has 0 radical (unpaired) electrons. The van der Waals surface area contributed by atoms with Gasteiger partial charge in [0.05, 0.1) is 11.6 Å². The van der Waals surface area contributed by atoms with Crippen molar-refractivity contribution in [2.75, 3.05) is 5.75 Å². The van der Waals surface area contributed by atoms with Crippen molar-refractivity contribution in [3.63, 3.8) is 0 Å². The first-order valence-corrected chi connectivity index (χ1v) is 6.65. The van der Waals surface area contributed by atoms with Gasteiger partial charge in [-0.2, -0.15) is 24.9 Å². The predicted molar refractivity (Wildman–Crippen MR) is 69.1 cm³/mol. The summed E-state index contributed by atoms with van der Waals surface area (Å²) in [5, 5.41) is 0.346. The molecule has 102 valence electrons. The van der Waals surface area contributed by atoms with E-state index in [1.807, 2.05) is 13.8 Å². The summed E-state index contributed by atoms with van der Waals surface area (Å²) in [5.74, 6) is 5.87. The Morgan fingerprint density at radius 1 is 1.28 bits per heavy atom. The fourth-order valence-corrected chi connectivity index (χ4v) is 2.43. The van der Waals surface area contributed by atoms with E-state index in [4.69, 9.17) is 5.84 Å². The number of thioether (sulfide) groups is 1. The molecule has 18 heavy (non-hydrogen) atoms. The van der Waals surface area contributed by atoms with Crippen LogP contribution in [0.15, 0.2) is 24.3 Å². The lowest BCUT2D eigenvalue weighted by molar-refractivity contribution is -0.138. The molecule has 0 saturated carbocycles. The summed E-state index contributed by atoms with van der Waals surface area (Å²) in [6.07, 6.45) is -4.35. The topological polar surface area (TPSA) is 38.0 Å². The molecular weight excluding hydrogens is 261 g/mol. The van der Waals surface area contributed by atoms with E-state index in [0.29, 0.717) is 11.0 Å². The first-order chi connectivity index (χ1) is 8.36. The lowest BCUT2D eigenvalue weighted by Gasteiger charge is -2.21. The lowest BCUT2D eigenvalue weighted by Crippen LogP contribution is -2.31. The van der Waals surface area contributed by atoms with Crippen molar-refractivity contribution in [3.05, 3.63) is 35.4 Å². The summed E-state index contributed by atoms with van der Waals surface area (Å²) in [6.45, 7) is 3.99. The highest BCUT2D eigenvalue weighted by Gasteiger charge is 2.34. The summed E-state index contributed by atoms with van der Waals surface area (Å²) >= 11 is 1.57. The normalized spacial score (nSPS) is 13.9. The average molecular weight is 278 g/mol. The molecule has 1 atom stereocenters. The number of hydrazine groups is 1. The minimum absolute atomic E-state index is 0.195. The standard InChI is InChI=1S/C12H17F3N2S/c1-8(2)18-7-11(17-16)9-5-3-4-6-10(9)12(13,14)15/h3-6,8,11,17H,7,16H2,1-2H3. The Hall–Kier alpha value is -0.720. The molecule has 0 spiro atoms. The summed E-state index contributed by atoms with van der Waals surface area (Å²) < 4.78 is 38.6. The molecular formula is C12H17F3N2S. The summed E-state index contributed by atoms with van der Waals surface area (Å²) in [4.78, 5) is 0. The van der Waals surface area contributed by atoms with E-state index in [0.717, 1.165) is 6.07 Å². The van der Waals surface area contributed by atoms with Crippen molar-refractivity contribution < 1.29 is 13.2 Å². The van der Waals surface area contributed by atoms with Gasteiger partial charge in [0.2, 0.25) is 0 Å². The van der Waals surface area contributed by atoms with Crippen LogP contribution in [-0.2, 0) is 6.18 Å². The molecule has 0 bridgehead atoms. The number of alkyl halides is 3. The Balaban J connectivity index is 2.98. The van der Waals surface area contributed by atoms with Gasteiger partial charge < -0.3 is 0 Å². The molecule has 0 aliphatic carbocycles. The van der Waals surface area contributed by atoms with E-state index >= 15 is 0 Å². The van der Waals surface area contributed by atoms with E-state index in [-0.39, 0.29) is 5.56 Å². The highest BCUT2D eigenvalue weighted by Crippen LogP contribution is 2.35. The quantitative estimate of drug-likeness (QED) is 0.641. The predicted octanol–water partition coefficient (Wildman–Crippen LogP) is 3.35. The van der Waals surface area contributed by atoms with Crippen LogP contribution in [0.2, 0.25) is 0 Å². The number of benzene rings is 1. The van der Waals surface area contributed by atoms with Crippen molar-refractivity contribution >= 4 is 11.8 Å². The average Bonchev–Trinajstić information content (AvgIpc) is 2.29. The molecule has 1 unspecified atom stereocenters. The van der Waals surface area contributed by atoms with Gasteiger partial charge in [-0.1, -0.05) is 32.0 Å². The molecule has 1 rings (SSSR count). The fourth-order valence-electron chi connectivity index (χ4n) is 1.58. The van der Waals surface area contributed by atoms with E-state index in [9.17, 15) is 13.2 Å². The van der Waals surface area contributed by atoms with Crippen molar-refractivity contribution in [3.8, 4) is 0 Å². The van der Waals surface area contributed by atoms with Crippen molar-refractivity contribution in [2.24, 2.45) is 5.84 Å². The van der Waals surface area contributed by atoms with E-state index in [2.05, 4.69) is 5.43 Å². The molecule has 0 aliphatic heterocycles. The van der Waals surface area contributed by atoms with Crippen LogP contribution in [0.4, 0.5) is 13.2 Å². The highest BCUT2D eigenvalue weighted by atomic mass is 32.2. The molecule has 1 aromatic carbocycles. The molecule has 0 amide bonds. The fraction of sp³-hybridized carbons (Fsp3) is 0.500. The molecule has 1 aromatic rings. The van der Waals surface area contributed by atoms with Crippen molar-refractivity contribution in [1.82, 2.24) is 5.43 Å². The third kappa shape index (κ3) is 4.19. The van der Waals surface area contributed by atoms with Gasteiger partial charge in [0, 0.05) is 5.75 Å². The van der Waals surface area contributed by atoms with Crippen molar-refractivity contribution in [2.45, 2.75) is 31.3 Å². The summed E-state index contributed by atoms with van der Waals surface area (Å²) in [6, 6.07) is 5.02. The number of halogens is 3. The molecule has 0 heterocycles. The van der Waals surface area contributed by atoms with Crippen LogP contribution in [0.1, 0.15) is 31.0 Å². The zero-order valence-corrected chi connectivity index (χ0v) is 11.1. The van der Waals surface area contributed by atoms with Crippen LogP contribution in [-0.4, -0.2) is 11.0 Å². The zero-order valence-electron chi connectivity index (χ0n) is 10.3. The van der Waals surface area contributed by atoms with E-state index < -0.39 is 17.8 Å². The van der Waals surface area contributed by atoms with Gasteiger partial charge in [-0.05, 0) is 16.9 Å². The van der Waals surface area contributed by atoms with Crippen LogP contribution in [0.3, 0.4) is 0 Å². The lowest BCUT2D eigenvalue weighted by atomic mass is 10.0. The van der Waals surface area contributed by atoms with E-state index in [1.165, 1.54) is 12.1 Å². The van der Waals surface area contributed by atoms with Gasteiger partial charge in [-0.3, -0.25) is 11.3 Å². The first-order valence-electron chi connectivity index (χ1n) is 5.60.